The van der Waals surface area contributed by atoms with Gasteiger partial charge in [-0.15, -0.1) is 0 Å². The highest BCUT2D eigenvalue weighted by Gasteiger charge is 2.18. The minimum atomic E-state index is -0.402. The quantitative estimate of drug-likeness (QED) is 0.200. The lowest BCUT2D eigenvalue weighted by molar-refractivity contribution is -0.113. The lowest BCUT2D eigenvalue weighted by Crippen LogP contribution is -2.23. The van der Waals surface area contributed by atoms with Gasteiger partial charge in [-0.3, -0.25) is 14.2 Å². The van der Waals surface area contributed by atoms with Gasteiger partial charge in [0.25, 0.3) is 5.56 Å². The van der Waals surface area contributed by atoms with Crippen LogP contribution < -0.4 is 10.9 Å². The van der Waals surface area contributed by atoms with Gasteiger partial charge in [0.05, 0.1) is 11.4 Å². The smallest absolute Gasteiger partial charge is 0.283 e. The number of nitrogens with one attached hydrogen (secondary N) is 2. The van der Waals surface area contributed by atoms with Crippen LogP contribution in [0.2, 0.25) is 0 Å². The van der Waals surface area contributed by atoms with E-state index in [1.54, 1.807) is 0 Å². The summed E-state index contributed by atoms with van der Waals surface area (Å²) < 4.78 is 15.0. The molecular weight excluding hydrogens is 475 g/mol. The molecule has 2 heterocycles. The Balaban J connectivity index is 1.44. The number of benzene rings is 3. The molecule has 0 bridgehead atoms. The molecule has 5 rings (SSSR count). The molecule has 0 radical (unpaired) electrons. The van der Waals surface area contributed by atoms with Crippen LogP contribution in [0.1, 0.15) is 25.3 Å². The lowest BCUT2D eigenvalue weighted by atomic mass is 10.1. The van der Waals surface area contributed by atoms with Crippen molar-refractivity contribution in [3.63, 3.8) is 0 Å². The maximum atomic E-state index is 13.6. The van der Waals surface area contributed by atoms with Crippen molar-refractivity contribution in [3.05, 3.63) is 94.5 Å². The minimum absolute atomic E-state index is 0.0546. The number of para-hydroxylation sites is 1. The third kappa shape index (κ3) is 4.90. The molecule has 0 spiro atoms. The SMILES string of the molecule is CCCCc1ccc(NC(=O)CSc2nc3c([nH]c4ccccc43)c(=O)n2-c2ccc(F)cc2)cc1. The van der Waals surface area contributed by atoms with Crippen molar-refractivity contribution in [1.29, 1.82) is 0 Å². The molecular formula is C28H25FN4O2S. The number of hydrogen-bond acceptors (Lipinski definition) is 4. The highest BCUT2D eigenvalue weighted by Crippen LogP contribution is 2.26. The summed E-state index contributed by atoms with van der Waals surface area (Å²) in [5, 5.41) is 4.09. The number of amides is 1. The van der Waals surface area contributed by atoms with E-state index in [4.69, 9.17) is 4.98 Å². The summed E-state index contributed by atoms with van der Waals surface area (Å²) in [7, 11) is 0. The summed E-state index contributed by atoms with van der Waals surface area (Å²) in [6, 6.07) is 21.0. The fourth-order valence-corrected chi connectivity index (χ4v) is 4.93. The average Bonchev–Trinajstić information content (AvgIpc) is 3.27. The summed E-state index contributed by atoms with van der Waals surface area (Å²) in [5.74, 6) is -0.556. The van der Waals surface area contributed by atoms with E-state index in [0.29, 0.717) is 21.9 Å². The van der Waals surface area contributed by atoms with Crippen LogP contribution in [-0.4, -0.2) is 26.2 Å². The number of unbranched alkanes of at least 4 members (excludes halogenated alkanes) is 1. The van der Waals surface area contributed by atoms with Gasteiger partial charge in [0.1, 0.15) is 16.9 Å². The topological polar surface area (TPSA) is 79.8 Å². The second kappa shape index (κ2) is 10.4. The molecule has 182 valence electrons. The molecule has 0 aliphatic heterocycles. The molecule has 36 heavy (non-hydrogen) atoms. The van der Waals surface area contributed by atoms with E-state index in [9.17, 15) is 14.0 Å². The molecule has 0 fully saturated rings. The highest BCUT2D eigenvalue weighted by molar-refractivity contribution is 7.99. The number of thioether (sulfide) groups is 1. The van der Waals surface area contributed by atoms with E-state index in [2.05, 4.69) is 17.2 Å². The molecule has 0 unspecified atom stereocenters. The molecule has 0 aliphatic carbocycles. The number of carbonyl (C=O) groups excluding carboxylic acids is 1. The van der Waals surface area contributed by atoms with Crippen molar-refractivity contribution >= 4 is 45.3 Å². The molecule has 3 aromatic carbocycles. The molecule has 0 saturated heterocycles. The molecule has 0 atom stereocenters. The van der Waals surface area contributed by atoms with Crippen LogP contribution in [0, 0.1) is 5.82 Å². The summed E-state index contributed by atoms with van der Waals surface area (Å²) in [6.45, 7) is 2.16. The van der Waals surface area contributed by atoms with E-state index in [0.717, 1.165) is 47.6 Å². The van der Waals surface area contributed by atoms with E-state index in [-0.39, 0.29) is 17.2 Å². The molecule has 5 aromatic rings. The molecule has 1 amide bonds. The molecule has 0 aliphatic rings. The number of aromatic nitrogens is 3. The van der Waals surface area contributed by atoms with Crippen molar-refractivity contribution in [2.24, 2.45) is 0 Å². The Kier molecular flexibility index (Phi) is 6.86. The standard InChI is InChI=1S/C28H25FN4O2S/c1-2-3-6-18-9-13-20(14-10-18)30-24(34)17-36-28-32-25-22-7-4-5-8-23(22)31-26(25)27(35)33(28)21-15-11-19(29)12-16-21/h4-5,7-16,31H,2-3,6,17H2,1H3,(H,30,34). The Morgan fingerprint density at radius 1 is 1.06 bits per heavy atom. The van der Waals surface area contributed by atoms with Crippen LogP contribution in [0.5, 0.6) is 0 Å². The van der Waals surface area contributed by atoms with Gasteiger partial charge in [-0.1, -0.05) is 55.4 Å². The number of aromatic amines is 1. The summed E-state index contributed by atoms with van der Waals surface area (Å²) in [5.41, 5.74) is 3.82. The monoisotopic (exact) mass is 500 g/mol. The molecule has 0 saturated carbocycles. The van der Waals surface area contributed by atoms with Gasteiger partial charge in [0, 0.05) is 16.6 Å². The third-order valence-electron chi connectivity index (χ3n) is 5.97. The van der Waals surface area contributed by atoms with Crippen LogP contribution in [0.25, 0.3) is 27.6 Å². The lowest BCUT2D eigenvalue weighted by Gasteiger charge is -2.12. The fraction of sp³-hybridized carbons (Fsp3) is 0.179. The number of nitrogens with zero attached hydrogens (tertiary/aromatic N) is 2. The zero-order valence-electron chi connectivity index (χ0n) is 19.8. The van der Waals surface area contributed by atoms with Gasteiger partial charge < -0.3 is 10.3 Å². The van der Waals surface area contributed by atoms with Gasteiger partial charge in [0.2, 0.25) is 5.91 Å². The van der Waals surface area contributed by atoms with Crippen LogP contribution in [0.15, 0.2) is 82.7 Å². The Hall–Kier alpha value is -3.91. The van der Waals surface area contributed by atoms with Gasteiger partial charge in [-0.2, -0.15) is 0 Å². The Morgan fingerprint density at radius 3 is 2.56 bits per heavy atom. The van der Waals surface area contributed by atoms with E-state index in [1.807, 2.05) is 48.5 Å². The Bertz CT molecular complexity index is 1590. The van der Waals surface area contributed by atoms with Gasteiger partial charge >= 0.3 is 0 Å². The number of carbonyl (C=O) groups is 1. The van der Waals surface area contributed by atoms with Crippen LogP contribution in [0.3, 0.4) is 0 Å². The van der Waals surface area contributed by atoms with Crippen LogP contribution in [0.4, 0.5) is 10.1 Å². The maximum Gasteiger partial charge on any atom is 0.283 e. The Labute approximate surface area is 211 Å². The number of hydrogen-bond donors (Lipinski definition) is 2. The Morgan fingerprint density at radius 2 is 1.81 bits per heavy atom. The number of aryl methyl sites for hydroxylation is 1. The maximum absolute atomic E-state index is 13.6. The number of rotatable bonds is 8. The molecule has 2 N–H and O–H groups in total. The first-order valence-electron chi connectivity index (χ1n) is 11.8. The predicted molar refractivity (Wildman–Crippen MR) is 144 cm³/mol. The van der Waals surface area contributed by atoms with Crippen molar-refractivity contribution in [2.45, 2.75) is 31.3 Å². The predicted octanol–water partition coefficient (Wildman–Crippen LogP) is 6.08. The first-order chi connectivity index (χ1) is 17.5. The van der Waals surface area contributed by atoms with E-state index >= 15 is 0 Å². The zero-order valence-corrected chi connectivity index (χ0v) is 20.6. The fourth-order valence-electron chi connectivity index (χ4n) is 4.12. The van der Waals surface area contributed by atoms with Gasteiger partial charge in [-0.05, 0) is 60.9 Å². The third-order valence-corrected chi connectivity index (χ3v) is 6.91. The zero-order chi connectivity index (χ0) is 25.1. The second-order valence-electron chi connectivity index (χ2n) is 8.54. The minimum Gasteiger partial charge on any atom is -0.349 e. The number of fused-ring (bicyclic) bond motifs is 3. The van der Waals surface area contributed by atoms with Crippen LogP contribution >= 0.6 is 11.8 Å². The highest BCUT2D eigenvalue weighted by atomic mass is 32.2. The number of H-pyrrole nitrogens is 1. The van der Waals surface area contributed by atoms with Crippen LogP contribution in [-0.2, 0) is 11.2 Å². The second-order valence-corrected chi connectivity index (χ2v) is 9.49. The van der Waals surface area contributed by atoms with Crippen molar-refractivity contribution in [1.82, 2.24) is 14.5 Å². The first-order valence-corrected chi connectivity index (χ1v) is 12.8. The normalized spacial score (nSPS) is 11.3. The molecule has 6 nitrogen and oxygen atoms in total. The molecule has 8 heteroatoms. The van der Waals surface area contributed by atoms with Gasteiger partial charge in [-0.25, -0.2) is 9.37 Å². The first kappa shape index (κ1) is 23.8. The molecule has 2 aromatic heterocycles. The van der Waals surface area contributed by atoms with Gasteiger partial charge in [0.15, 0.2) is 5.16 Å². The number of anilines is 1. The van der Waals surface area contributed by atoms with Crippen molar-refractivity contribution in [3.8, 4) is 5.69 Å². The summed E-state index contributed by atoms with van der Waals surface area (Å²) >= 11 is 1.16. The van der Waals surface area contributed by atoms with E-state index < -0.39 is 5.82 Å². The van der Waals surface area contributed by atoms with E-state index in [1.165, 1.54) is 34.4 Å². The van der Waals surface area contributed by atoms with Crippen molar-refractivity contribution in [2.75, 3.05) is 11.1 Å². The summed E-state index contributed by atoms with van der Waals surface area (Å²) in [4.78, 5) is 34.2. The largest absolute Gasteiger partial charge is 0.349 e. The average molecular weight is 501 g/mol. The van der Waals surface area contributed by atoms with Crippen molar-refractivity contribution < 1.29 is 9.18 Å². The summed E-state index contributed by atoms with van der Waals surface area (Å²) in [6.07, 6.45) is 3.28. The number of halogens is 1.